The predicted octanol–water partition coefficient (Wildman–Crippen LogP) is 4.78. The van der Waals surface area contributed by atoms with E-state index in [4.69, 9.17) is 23.2 Å². The van der Waals surface area contributed by atoms with Crippen LogP contribution < -0.4 is 0 Å². The predicted molar refractivity (Wildman–Crippen MR) is 54.1 cm³/mol. The smallest absolute Gasteiger partial charge is 0.345 e. The van der Waals surface area contributed by atoms with Crippen LogP contribution in [0, 0.1) is 0 Å². The Balaban J connectivity index is 2.65. The first-order valence-electron chi connectivity index (χ1n) is 3.36. The van der Waals surface area contributed by atoms with Crippen molar-refractivity contribution in [2.24, 2.45) is 0 Å². The van der Waals surface area contributed by atoms with E-state index in [2.05, 4.69) is 4.98 Å². The Kier molecular flexibility index (Phi) is 4.13. The van der Waals surface area contributed by atoms with Crippen LogP contribution in [0.1, 0.15) is 0 Å². The fraction of sp³-hybridized carbons (Fsp3) is 0.333. The standard InChI is InChI=1S/C6H3Cl2F4NS2/c7-5(8,9)14-3-1-2-4(13-3)15-6(10,11)12/h1-2,13H. The lowest BCUT2D eigenvalue weighted by atomic mass is 10.7. The van der Waals surface area contributed by atoms with Gasteiger partial charge < -0.3 is 4.98 Å². The summed E-state index contributed by atoms with van der Waals surface area (Å²) in [5.74, 6) is 0. The van der Waals surface area contributed by atoms with E-state index in [0.29, 0.717) is 11.8 Å². The Labute approximate surface area is 101 Å². The van der Waals surface area contributed by atoms with Gasteiger partial charge in [-0.1, -0.05) is 23.2 Å². The molecule has 0 amide bonds. The van der Waals surface area contributed by atoms with Gasteiger partial charge >= 0.3 is 9.43 Å². The average molecular weight is 300 g/mol. The SMILES string of the molecule is FC(F)(F)Sc1ccc(SC(F)(Cl)Cl)[nH]1. The van der Waals surface area contributed by atoms with Gasteiger partial charge in [-0.3, -0.25) is 0 Å². The molecule has 1 rings (SSSR count). The fourth-order valence-corrected chi connectivity index (χ4v) is 2.38. The summed E-state index contributed by atoms with van der Waals surface area (Å²) < 4.78 is 45.8. The molecule has 0 aliphatic carbocycles. The molecule has 1 heterocycles. The zero-order valence-corrected chi connectivity index (χ0v) is 9.88. The molecule has 0 aliphatic rings. The zero-order chi connectivity index (χ0) is 11.7. The molecule has 86 valence electrons. The number of aromatic nitrogens is 1. The molecule has 0 saturated heterocycles. The van der Waals surface area contributed by atoms with Crippen LogP contribution in [0.25, 0.3) is 0 Å². The normalized spacial score (nSPS) is 13.2. The van der Waals surface area contributed by atoms with E-state index >= 15 is 0 Å². The van der Waals surface area contributed by atoms with Gasteiger partial charge in [0.15, 0.2) is 0 Å². The van der Waals surface area contributed by atoms with Gasteiger partial charge in [0, 0.05) is 11.8 Å². The van der Waals surface area contributed by atoms with Crippen molar-refractivity contribution in [2.75, 3.05) is 0 Å². The molecule has 0 saturated carbocycles. The largest absolute Gasteiger partial charge is 0.447 e. The number of rotatable bonds is 3. The van der Waals surface area contributed by atoms with Crippen LogP contribution >= 0.6 is 46.7 Å². The third-order valence-electron chi connectivity index (χ3n) is 1.08. The molecular weight excluding hydrogens is 297 g/mol. The average Bonchev–Trinajstić information content (AvgIpc) is 2.28. The van der Waals surface area contributed by atoms with Crippen LogP contribution in [0.15, 0.2) is 22.2 Å². The minimum Gasteiger partial charge on any atom is -0.345 e. The summed E-state index contributed by atoms with van der Waals surface area (Å²) in [5, 5.41) is -0.0307. The third kappa shape index (κ3) is 5.79. The van der Waals surface area contributed by atoms with Crippen LogP contribution in [0.2, 0.25) is 0 Å². The highest BCUT2D eigenvalue weighted by Crippen LogP contribution is 2.43. The maximum Gasteiger partial charge on any atom is 0.447 e. The molecule has 9 heteroatoms. The Morgan fingerprint density at radius 1 is 1.00 bits per heavy atom. The Bertz CT molecular complexity index is 302. The van der Waals surface area contributed by atoms with Gasteiger partial charge in [-0.15, -0.1) is 0 Å². The highest BCUT2D eigenvalue weighted by atomic mass is 35.5. The van der Waals surface area contributed by atoms with Crippen molar-refractivity contribution in [1.29, 1.82) is 0 Å². The minimum atomic E-state index is -4.39. The Morgan fingerprint density at radius 3 is 1.87 bits per heavy atom. The Hall–Kier alpha value is 0.280. The molecule has 0 aliphatic heterocycles. The van der Waals surface area contributed by atoms with E-state index < -0.39 is 9.43 Å². The molecular formula is C6H3Cl2F4NS2. The number of aromatic amines is 1. The summed E-state index contributed by atoms with van der Waals surface area (Å²) in [4.78, 5) is 2.32. The van der Waals surface area contributed by atoms with Crippen molar-refractivity contribution in [3.8, 4) is 0 Å². The van der Waals surface area contributed by atoms with E-state index in [1.807, 2.05) is 0 Å². The highest BCUT2D eigenvalue weighted by Gasteiger charge is 2.31. The molecule has 0 spiro atoms. The van der Waals surface area contributed by atoms with Gasteiger partial charge in [0.1, 0.15) is 0 Å². The van der Waals surface area contributed by atoms with Gasteiger partial charge in [0.25, 0.3) is 0 Å². The van der Waals surface area contributed by atoms with Crippen LogP contribution in [0.5, 0.6) is 0 Å². The van der Waals surface area contributed by atoms with Crippen LogP contribution in [-0.2, 0) is 0 Å². The van der Waals surface area contributed by atoms with Gasteiger partial charge in [-0.2, -0.15) is 17.6 Å². The van der Waals surface area contributed by atoms with Crippen molar-refractivity contribution < 1.29 is 17.6 Å². The monoisotopic (exact) mass is 299 g/mol. The van der Waals surface area contributed by atoms with E-state index in [1.165, 1.54) is 12.1 Å². The van der Waals surface area contributed by atoms with E-state index in [1.54, 1.807) is 0 Å². The quantitative estimate of drug-likeness (QED) is 0.491. The summed E-state index contributed by atoms with van der Waals surface area (Å²) in [7, 11) is 0. The molecule has 1 nitrogen and oxygen atoms in total. The summed E-state index contributed by atoms with van der Waals surface area (Å²) in [5.41, 5.74) is -4.39. The number of alkyl halides is 6. The van der Waals surface area contributed by atoms with Crippen molar-refractivity contribution in [3.63, 3.8) is 0 Å². The molecule has 0 atom stereocenters. The van der Waals surface area contributed by atoms with Gasteiger partial charge in [-0.05, 0) is 23.9 Å². The lowest BCUT2D eigenvalue weighted by Crippen LogP contribution is -1.99. The third-order valence-corrected chi connectivity index (χ3v) is 2.93. The Morgan fingerprint density at radius 2 is 1.47 bits per heavy atom. The van der Waals surface area contributed by atoms with Gasteiger partial charge in [0.05, 0.1) is 10.1 Å². The fourth-order valence-electron chi connectivity index (χ4n) is 0.725. The topological polar surface area (TPSA) is 15.8 Å². The molecule has 1 N–H and O–H groups in total. The van der Waals surface area contributed by atoms with E-state index in [0.717, 1.165) is 0 Å². The van der Waals surface area contributed by atoms with Gasteiger partial charge in [0.2, 0.25) is 0 Å². The second-order valence-corrected chi connectivity index (χ2v) is 6.28. The maximum atomic E-state index is 12.7. The van der Waals surface area contributed by atoms with Crippen LogP contribution in [0.3, 0.4) is 0 Å². The first kappa shape index (κ1) is 13.3. The molecule has 0 bridgehead atoms. The summed E-state index contributed by atoms with van der Waals surface area (Å²) in [6, 6.07) is 2.43. The summed E-state index contributed by atoms with van der Waals surface area (Å²) in [6.07, 6.45) is 0. The zero-order valence-electron chi connectivity index (χ0n) is 6.74. The molecule has 0 unspecified atom stereocenters. The lowest BCUT2D eigenvalue weighted by molar-refractivity contribution is -0.0329. The molecule has 0 radical (unpaired) electrons. The van der Waals surface area contributed by atoms with Crippen molar-refractivity contribution >= 4 is 46.7 Å². The van der Waals surface area contributed by atoms with Crippen molar-refractivity contribution in [3.05, 3.63) is 12.1 Å². The van der Waals surface area contributed by atoms with Gasteiger partial charge in [-0.25, -0.2) is 0 Å². The molecule has 1 aromatic heterocycles. The lowest BCUT2D eigenvalue weighted by Gasteiger charge is -2.06. The second kappa shape index (κ2) is 4.65. The number of nitrogens with one attached hydrogen (secondary N) is 1. The van der Waals surface area contributed by atoms with Crippen molar-refractivity contribution in [2.45, 2.75) is 19.5 Å². The van der Waals surface area contributed by atoms with Crippen LogP contribution in [-0.4, -0.2) is 14.4 Å². The number of hydrogen-bond donors (Lipinski definition) is 1. The number of H-pyrrole nitrogens is 1. The van der Waals surface area contributed by atoms with Crippen LogP contribution in [0.4, 0.5) is 17.6 Å². The maximum absolute atomic E-state index is 12.7. The molecule has 0 fully saturated rings. The van der Waals surface area contributed by atoms with E-state index in [-0.39, 0.29) is 21.8 Å². The van der Waals surface area contributed by atoms with Crippen molar-refractivity contribution in [1.82, 2.24) is 4.98 Å². The second-order valence-electron chi connectivity index (χ2n) is 2.28. The molecule has 1 aromatic rings. The molecule has 0 aromatic carbocycles. The number of halogens is 6. The summed E-state index contributed by atoms with van der Waals surface area (Å²) in [6.45, 7) is 0. The first-order valence-corrected chi connectivity index (χ1v) is 5.75. The summed E-state index contributed by atoms with van der Waals surface area (Å²) >= 11 is 10.1. The number of thioether (sulfide) groups is 2. The first-order chi connectivity index (χ1) is 6.66. The molecule has 15 heavy (non-hydrogen) atoms. The van der Waals surface area contributed by atoms with E-state index in [9.17, 15) is 17.6 Å². The minimum absolute atomic E-state index is 0.120. The number of hydrogen-bond acceptors (Lipinski definition) is 2. The highest BCUT2D eigenvalue weighted by molar-refractivity contribution is 8.03.